The van der Waals surface area contributed by atoms with Crippen molar-refractivity contribution in [1.82, 2.24) is 4.90 Å². The molecule has 0 aliphatic carbocycles. The number of hydrogen-bond acceptors (Lipinski definition) is 4. The molecule has 1 aromatic carbocycles. The van der Waals surface area contributed by atoms with Gasteiger partial charge in [0, 0.05) is 5.69 Å². The molecular weight excluding hydrogens is 249 g/mol. The van der Waals surface area contributed by atoms with E-state index >= 15 is 0 Å². The maximum Gasteiger partial charge on any atom is 0.162 e. The summed E-state index contributed by atoms with van der Waals surface area (Å²) in [7, 11) is 0. The zero-order valence-electron chi connectivity index (χ0n) is 10.1. The van der Waals surface area contributed by atoms with E-state index in [1.165, 1.54) is 38.1 Å². The predicted molar refractivity (Wildman–Crippen MR) is 74.5 cm³/mol. The molecule has 0 radical (unpaired) electrons. The van der Waals surface area contributed by atoms with Gasteiger partial charge in [0.15, 0.2) is 5.17 Å². The van der Waals surface area contributed by atoms with E-state index < -0.39 is 0 Å². The third-order valence-corrected chi connectivity index (χ3v) is 4.46. The first-order chi connectivity index (χ1) is 8.81. The Balaban J connectivity index is 1.57. The summed E-state index contributed by atoms with van der Waals surface area (Å²) in [5, 5.41) is 4.67. The lowest BCUT2D eigenvalue weighted by atomic mass is 10.3. The topological polar surface area (TPSA) is 27.6 Å². The van der Waals surface area contributed by atoms with Gasteiger partial charge in [-0.2, -0.15) is 0 Å². The number of rotatable bonds is 2. The van der Waals surface area contributed by atoms with Crippen LogP contribution >= 0.6 is 11.8 Å². The van der Waals surface area contributed by atoms with Crippen LogP contribution in [0.1, 0.15) is 12.8 Å². The SMILES string of the molecule is Fc1ccc(NC2=NCC(N3CCCC3)S2)cc1. The highest BCUT2D eigenvalue weighted by molar-refractivity contribution is 8.14. The number of amidine groups is 1. The second-order valence-corrected chi connectivity index (χ2v) is 5.76. The van der Waals surface area contributed by atoms with Crippen LogP contribution in [0.4, 0.5) is 10.1 Å². The van der Waals surface area contributed by atoms with Crippen molar-refractivity contribution in [3.63, 3.8) is 0 Å². The molecular formula is C13H16FN3S. The molecule has 0 spiro atoms. The van der Waals surface area contributed by atoms with Crippen LogP contribution in [0.5, 0.6) is 0 Å². The quantitative estimate of drug-likeness (QED) is 0.891. The molecule has 0 bridgehead atoms. The number of hydrogen-bond donors (Lipinski definition) is 1. The van der Waals surface area contributed by atoms with Crippen LogP contribution in [0.25, 0.3) is 0 Å². The summed E-state index contributed by atoms with van der Waals surface area (Å²) < 4.78 is 12.8. The van der Waals surface area contributed by atoms with Crippen molar-refractivity contribution < 1.29 is 4.39 Å². The van der Waals surface area contributed by atoms with E-state index in [0.717, 1.165) is 17.4 Å². The van der Waals surface area contributed by atoms with Crippen LogP contribution in [-0.2, 0) is 0 Å². The summed E-state index contributed by atoms with van der Waals surface area (Å²) in [4.78, 5) is 7.01. The maximum absolute atomic E-state index is 12.8. The fraction of sp³-hybridized carbons (Fsp3) is 0.462. The summed E-state index contributed by atoms with van der Waals surface area (Å²) in [6, 6.07) is 6.39. The van der Waals surface area contributed by atoms with E-state index in [2.05, 4.69) is 15.2 Å². The van der Waals surface area contributed by atoms with Crippen molar-refractivity contribution in [2.45, 2.75) is 18.2 Å². The Hall–Kier alpha value is -1.07. The maximum atomic E-state index is 12.8. The molecule has 1 saturated heterocycles. The molecule has 1 fully saturated rings. The van der Waals surface area contributed by atoms with E-state index in [1.807, 2.05) is 0 Å². The fourth-order valence-corrected chi connectivity index (χ4v) is 3.40. The largest absolute Gasteiger partial charge is 0.335 e. The Morgan fingerprint density at radius 1 is 1.22 bits per heavy atom. The molecule has 0 saturated carbocycles. The molecule has 2 aliphatic rings. The molecule has 0 aromatic heterocycles. The van der Waals surface area contributed by atoms with Gasteiger partial charge in [0.05, 0.1) is 11.9 Å². The molecule has 96 valence electrons. The fourth-order valence-electron chi connectivity index (χ4n) is 2.31. The second-order valence-electron chi connectivity index (χ2n) is 4.59. The average molecular weight is 265 g/mol. The van der Waals surface area contributed by atoms with E-state index in [4.69, 9.17) is 0 Å². The molecule has 3 rings (SSSR count). The van der Waals surface area contributed by atoms with Gasteiger partial charge >= 0.3 is 0 Å². The highest BCUT2D eigenvalue weighted by Crippen LogP contribution is 2.28. The molecule has 0 amide bonds. The number of likely N-dealkylation sites (tertiary alicyclic amines) is 1. The van der Waals surface area contributed by atoms with Gasteiger partial charge in [-0.15, -0.1) is 0 Å². The number of nitrogens with one attached hydrogen (secondary N) is 1. The van der Waals surface area contributed by atoms with Crippen molar-refractivity contribution in [3.05, 3.63) is 30.1 Å². The van der Waals surface area contributed by atoms with Gasteiger partial charge in [0.2, 0.25) is 0 Å². The van der Waals surface area contributed by atoms with E-state index in [0.29, 0.717) is 5.37 Å². The van der Waals surface area contributed by atoms with Crippen LogP contribution in [0, 0.1) is 5.82 Å². The van der Waals surface area contributed by atoms with Gasteiger partial charge < -0.3 is 5.32 Å². The van der Waals surface area contributed by atoms with Crippen molar-refractivity contribution in [1.29, 1.82) is 0 Å². The molecule has 1 aromatic rings. The minimum Gasteiger partial charge on any atom is -0.335 e. The van der Waals surface area contributed by atoms with Gasteiger partial charge in [0.25, 0.3) is 0 Å². The van der Waals surface area contributed by atoms with Crippen molar-refractivity contribution >= 4 is 22.6 Å². The van der Waals surface area contributed by atoms with Crippen molar-refractivity contribution in [2.24, 2.45) is 4.99 Å². The molecule has 3 nitrogen and oxygen atoms in total. The van der Waals surface area contributed by atoms with E-state index in [9.17, 15) is 4.39 Å². The second kappa shape index (κ2) is 5.28. The standard InChI is InChI=1S/C13H16FN3S/c14-10-3-5-11(6-4-10)16-13-15-9-12(18-13)17-7-1-2-8-17/h3-6,12H,1-2,7-9H2,(H,15,16). The number of nitrogens with zero attached hydrogens (tertiary/aromatic N) is 2. The summed E-state index contributed by atoms with van der Waals surface area (Å²) in [5.41, 5.74) is 0.893. The van der Waals surface area contributed by atoms with Crippen molar-refractivity contribution in [2.75, 3.05) is 25.0 Å². The molecule has 18 heavy (non-hydrogen) atoms. The molecule has 2 heterocycles. The zero-order chi connectivity index (χ0) is 12.4. The third kappa shape index (κ3) is 2.67. The highest BCUT2D eigenvalue weighted by Gasteiger charge is 2.27. The third-order valence-electron chi connectivity index (χ3n) is 3.28. The summed E-state index contributed by atoms with van der Waals surface area (Å²) in [5.74, 6) is -0.212. The van der Waals surface area contributed by atoms with Gasteiger partial charge in [-0.05, 0) is 50.2 Å². The summed E-state index contributed by atoms with van der Waals surface area (Å²) >= 11 is 1.78. The first kappa shape index (κ1) is 12.0. The smallest absolute Gasteiger partial charge is 0.162 e. The lowest BCUT2D eigenvalue weighted by Gasteiger charge is -2.21. The predicted octanol–water partition coefficient (Wildman–Crippen LogP) is 2.76. The van der Waals surface area contributed by atoms with Gasteiger partial charge in [0.1, 0.15) is 5.82 Å². The molecule has 1 unspecified atom stereocenters. The lowest BCUT2D eigenvalue weighted by Crippen LogP contribution is -2.30. The minimum atomic E-state index is -0.212. The number of aliphatic imine (C=N–C) groups is 1. The summed E-state index contributed by atoms with van der Waals surface area (Å²) in [6.07, 6.45) is 2.61. The van der Waals surface area contributed by atoms with Crippen LogP contribution in [0.3, 0.4) is 0 Å². The Bertz CT molecular complexity index is 440. The normalized spacial score (nSPS) is 24.3. The van der Waals surface area contributed by atoms with Crippen LogP contribution < -0.4 is 5.32 Å². The molecule has 1 N–H and O–H groups in total. The first-order valence-electron chi connectivity index (χ1n) is 6.29. The van der Waals surface area contributed by atoms with Crippen LogP contribution in [-0.4, -0.2) is 35.1 Å². The molecule has 2 aliphatic heterocycles. The Labute approximate surface area is 110 Å². The Morgan fingerprint density at radius 2 is 1.94 bits per heavy atom. The van der Waals surface area contributed by atoms with E-state index in [-0.39, 0.29) is 5.82 Å². The Morgan fingerprint density at radius 3 is 2.67 bits per heavy atom. The zero-order valence-corrected chi connectivity index (χ0v) is 10.9. The summed E-state index contributed by atoms with van der Waals surface area (Å²) in [6.45, 7) is 3.24. The highest BCUT2D eigenvalue weighted by atomic mass is 32.2. The minimum absolute atomic E-state index is 0.212. The van der Waals surface area contributed by atoms with Crippen molar-refractivity contribution in [3.8, 4) is 0 Å². The number of halogens is 1. The van der Waals surface area contributed by atoms with Crippen LogP contribution in [0.15, 0.2) is 29.3 Å². The monoisotopic (exact) mass is 265 g/mol. The van der Waals surface area contributed by atoms with Gasteiger partial charge in [-0.1, -0.05) is 11.8 Å². The lowest BCUT2D eigenvalue weighted by molar-refractivity contribution is 0.325. The number of benzene rings is 1. The molecule has 5 heteroatoms. The Kier molecular flexibility index (Phi) is 3.52. The van der Waals surface area contributed by atoms with Gasteiger partial charge in [-0.3, -0.25) is 9.89 Å². The number of thioether (sulfide) groups is 1. The number of anilines is 1. The van der Waals surface area contributed by atoms with Crippen LogP contribution in [0.2, 0.25) is 0 Å². The first-order valence-corrected chi connectivity index (χ1v) is 7.17. The van der Waals surface area contributed by atoms with E-state index in [1.54, 1.807) is 23.9 Å². The molecule has 1 atom stereocenters. The van der Waals surface area contributed by atoms with Gasteiger partial charge in [-0.25, -0.2) is 4.39 Å². The average Bonchev–Trinajstić information content (AvgIpc) is 3.02.